The van der Waals surface area contributed by atoms with Gasteiger partial charge < -0.3 is 4.74 Å². The summed E-state index contributed by atoms with van der Waals surface area (Å²) in [7, 11) is -4.97. The van der Waals surface area contributed by atoms with Crippen molar-refractivity contribution in [2.24, 2.45) is 0 Å². The highest BCUT2D eigenvalue weighted by Gasteiger charge is 2.22. The number of halogens is 2. The number of rotatable bonds is 3. The molecule has 4 nitrogen and oxygen atoms in total. The molecule has 0 bridgehead atoms. The van der Waals surface area contributed by atoms with E-state index in [1.807, 2.05) is 0 Å². The van der Waals surface area contributed by atoms with Gasteiger partial charge in [-0.3, -0.25) is 0 Å². The summed E-state index contributed by atoms with van der Waals surface area (Å²) in [6.45, 7) is 1.60. The Morgan fingerprint density at radius 1 is 1.50 bits per heavy atom. The highest BCUT2D eigenvalue weighted by Crippen LogP contribution is 2.22. The van der Waals surface area contributed by atoms with E-state index in [4.69, 9.17) is 11.6 Å². The molecule has 88 valence electrons. The van der Waals surface area contributed by atoms with Crippen LogP contribution in [0, 0.1) is 0 Å². The average Bonchev–Trinajstić information content (AvgIpc) is 2.16. The molecule has 0 aliphatic carbocycles. The van der Waals surface area contributed by atoms with Crippen LogP contribution in [-0.4, -0.2) is 21.0 Å². The fourth-order valence-electron chi connectivity index (χ4n) is 1.08. The Hall–Kier alpha value is -1.14. The molecule has 1 aromatic rings. The Balaban J connectivity index is 3.35. The summed E-state index contributed by atoms with van der Waals surface area (Å²) < 4.78 is 38.9. The van der Waals surface area contributed by atoms with Crippen molar-refractivity contribution in [1.29, 1.82) is 0 Å². The van der Waals surface area contributed by atoms with Crippen molar-refractivity contribution < 1.29 is 21.8 Å². The monoisotopic (exact) mass is 266 g/mol. The third-order valence-corrected chi connectivity index (χ3v) is 2.82. The minimum absolute atomic E-state index is 0.0527. The number of esters is 1. The Morgan fingerprint density at radius 2 is 2.12 bits per heavy atom. The minimum Gasteiger partial charge on any atom is -0.462 e. The van der Waals surface area contributed by atoms with Crippen LogP contribution < -0.4 is 0 Å². The zero-order valence-corrected chi connectivity index (χ0v) is 9.81. The average molecular weight is 267 g/mol. The molecule has 0 spiro atoms. The van der Waals surface area contributed by atoms with Gasteiger partial charge in [0.2, 0.25) is 0 Å². The van der Waals surface area contributed by atoms with E-state index in [9.17, 15) is 17.1 Å². The highest BCUT2D eigenvalue weighted by molar-refractivity contribution is 7.86. The first-order chi connectivity index (χ1) is 7.36. The third-order valence-electron chi connectivity index (χ3n) is 1.70. The number of benzene rings is 1. The van der Waals surface area contributed by atoms with Crippen LogP contribution in [0.25, 0.3) is 0 Å². The molecule has 0 aliphatic heterocycles. The van der Waals surface area contributed by atoms with Gasteiger partial charge in [0.25, 0.3) is 0 Å². The first-order valence-corrected chi connectivity index (χ1v) is 6.03. The van der Waals surface area contributed by atoms with E-state index in [-0.39, 0.29) is 11.6 Å². The van der Waals surface area contributed by atoms with Crippen LogP contribution in [0.3, 0.4) is 0 Å². The second kappa shape index (κ2) is 4.80. The number of hydrogen-bond acceptors (Lipinski definition) is 4. The summed E-state index contributed by atoms with van der Waals surface area (Å²) in [6.07, 6.45) is 0. The summed E-state index contributed by atoms with van der Waals surface area (Å²) in [5.74, 6) is -0.929. The lowest BCUT2D eigenvalue weighted by atomic mass is 10.2. The Morgan fingerprint density at radius 3 is 2.62 bits per heavy atom. The molecule has 1 aromatic carbocycles. The van der Waals surface area contributed by atoms with Gasteiger partial charge in [-0.25, -0.2) is 4.79 Å². The van der Waals surface area contributed by atoms with Gasteiger partial charge in [0.05, 0.1) is 12.2 Å². The van der Waals surface area contributed by atoms with Crippen molar-refractivity contribution in [2.75, 3.05) is 6.61 Å². The molecule has 0 N–H and O–H groups in total. The topological polar surface area (TPSA) is 60.4 Å². The van der Waals surface area contributed by atoms with Gasteiger partial charge in [0.15, 0.2) is 0 Å². The molecule has 0 amide bonds. The predicted molar refractivity (Wildman–Crippen MR) is 55.7 cm³/mol. The van der Waals surface area contributed by atoms with Crippen LogP contribution in [0.15, 0.2) is 23.1 Å². The second-order valence-electron chi connectivity index (χ2n) is 2.80. The first kappa shape index (κ1) is 12.9. The molecule has 0 aliphatic rings. The van der Waals surface area contributed by atoms with Gasteiger partial charge >= 0.3 is 16.2 Å². The number of carbonyl (C=O) groups is 1. The Kier molecular flexibility index (Phi) is 3.88. The maximum atomic E-state index is 12.8. The molecule has 16 heavy (non-hydrogen) atoms. The van der Waals surface area contributed by atoms with E-state index in [2.05, 4.69) is 4.74 Å². The molecule has 0 radical (unpaired) electrons. The number of hydrogen-bond donors (Lipinski definition) is 0. The summed E-state index contributed by atoms with van der Waals surface area (Å²) in [6, 6.07) is 3.15. The van der Waals surface area contributed by atoms with Crippen LogP contribution in [-0.2, 0) is 15.0 Å². The molecular formula is C9H8ClFO4S. The van der Waals surface area contributed by atoms with Crippen LogP contribution in [0.4, 0.5) is 3.89 Å². The lowest BCUT2D eigenvalue weighted by Gasteiger charge is -2.05. The van der Waals surface area contributed by atoms with Gasteiger partial charge in [-0.05, 0) is 25.1 Å². The van der Waals surface area contributed by atoms with Crippen molar-refractivity contribution in [3.8, 4) is 0 Å². The van der Waals surface area contributed by atoms with Crippen molar-refractivity contribution in [3.63, 3.8) is 0 Å². The maximum absolute atomic E-state index is 12.8. The molecule has 0 aromatic heterocycles. The highest BCUT2D eigenvalue weighted by atomic mass is 35.5. The van der Waals surface area contributed by atoms with Gasteiger partial charge in [0.1, 0.15) is 4.90 Å². The summed E-state index contributed by atoms with van der Waals surface area (Å²) in [5, 5.41) is 0.121. The van der Waals surface area contributed by atoms with Gasteiger partial charge in [-0.2, -0.15) is 8.42 Å². The van der Waals surface area contributed by atoms with Crippen molar-refractivity contribution in [1.82, 2.24) is 0 Å². The van der Waals surface area contributed by atoms with E-state index >= 15 is 0 Å². The predicted octanol–water partition coefficient (Wildman–Crippen LogP) is 2.17. The number of carbonyl (C=O) groups excluding carboxylic acids is 1. The molecule has 0 unspecified atom stereocenters. The smallest absolute Gasteiger partial charge is 0.339 e. The van der Waals surface area contributed by atoms with Crippen LogP contribution in [0.2, 0.25) is 5.02 Å². The van der Waals surface area contributed by atoms with E-state index in [1.54, 1.807) is 6.92 Å². The molecular weight excluding hydrogens is 259 g/mol. The van der Waals surface area contributed by atoms with E-state index in [0.29, 0.717) is 0 Å². The molecule has 0 heterocycles. The third kappa shape index (κ3) is 2.93. The van der Waals surface area contributed by atoms with Crippen LogP contribution >= 0.6 is 11.6 Å². The van der Waals surface area contributed by atoms with Gasteiger partial charge in [-0.15, -0.1) is 3.89 Å². The molecule has 0 saturated heterocycles. The molecule has 0 fully saturated rings. The van der Waals surface area contributed by atoms with Gasteiger partial charge in [-0.1, -0.05) is 11.6 Å². The SMILES string of the molecule is CCOC(=O)c1cc(Cl)ccc1S(=O)(=O)F. The molecule has 0 atom stereocenters. The second-order valence-corrected chi connectivity index (χ2v) is 4.55. The molecule has 0 saturated carbocycles. The first-order valence-electron chi connectivity index (χ1n) is 4.27. The minimum atomic E-state index is -4.97. The summed E-state index contributed by atoms with van der Waals surface area (Å²) >= 11 is 5.59. The van der Waals surface area contributed by atoms with E-state index in [0.717, 1.165) is 12.1 Å². The van der Waals surface area contributed by atoms with Crippen molar-refractivity contribution in [3.05, 3.63) is 28.8 Å². The maximum Gasteiger partial charge on any atom is 0.339 e. The van der Waals surface area contributed by atoms with Crippen LogP contribution in [0.1, 0.15) is 17.3 Å². The van der Waals surface area contributed by atoms with E-state index < -0.39 is 26.7 Å². The van der Waals surface area contributed by atoms with Crippen molar-refractivity contribution in [2.45, 2.75) is 11.8 Å². The zero-order valence-electron chi connectivity index (χ0n) is 8.24. The normalized spacial score (nSPS) is 11.2. The summed E-state index contributed by atoms with van der Waals surface area (Å²) in [4.78, 5) is 10.6. The van der Waals surface area contributed by atoms with Crippen molar-refractivity contribution >= 4 is 27.8 Å². The zero-order chi connectivity index (χ0) is 12.3. The fraction of sp³-hybridized carbons (Fsp3) is 0.222. The Labute approximate surface area is 97.2 Å². The van der Waals surface area contributed by atoms with Crippen LogP contribution in [0.5, 0.6) is 0 Å². The fourth-order valence-corrected chi connectivity index (χ4v) is 1.89. The van der Waals surface area contributed by atoms with E-state index in [1.165, 1.54) is 6.07 Å². The lowest BCUT2D eigenvalue weighted by molar-refractivity contribution is 0.0521. The summed E-state index contributed by atoms with van der Waals surface area (Å²) in [5.41, 5.74) is -0.406. The van der Waals surface area contributed by atoms with Gasteiger partial charge in [0, 0.05) is 5.02 Å². The largest absolute Gasteiger partial charge is 0.462 e. The lowest BCUT2D eigenvalue weighted by Crippen LogP contribution is -2.09. The quantitative estimate of drug-likeness (QED) is 0.621. The standard InChI is InChI=1S/C9H8ClFO4S/c1-2-15-9(12)7-5-6(10)3-4-8(7)16(11,13)14/h3-5H,2H2,1H3. The molecule has 7 heteroatoms. The Bertz CT molecular complexity index is 512. The number of ether oxygens (including phenoxy) is 1. The molecule has 1 rings (SSSR count).